The molecule has 3 atom stereocenters. The Kier molecular flexibility index (Phi) is 3.93. The van der Waals surface area contributed by atoms with Crippen LogP contribution >= 0.6 is 0 Å². The minimum Gasteiger partial charge on any atom is -0.497 e. The Morgan fingerprint density at radius 1 is 1.05 bits per heavy atom. The number of rotatable bonds is 5. The molecule has 116 valence electrons. The maximum Gasteiger partial charge on any atom is 0.182 e. The number of aliphatic hydroxyl groups excluding tert-OH is 1. The van der Waals surface area contributed by atoms with E-state index >= 15 is 0 Å². The van der Waals surface area contributed by atoms with E-state index in [1.165, 1.54) is 0 Å². The third kappa shape index (κ3) is 2.51. The minimum absolute atomic E-state index is 0.132. The Bertz CT molecular complexity index is 738. The van der Waals surface area contributed by atoms with Crippen LogP contribution in [0.5, 0.6) is 5.75 Å². The zero-order chi connectivity index (χ0) is 15.7. The topological polar surface area (TPSA) is 63.6 Å². The highest BCUT2D eigenvalue weighted by molar-refractivity contribution is 7.92. The van der Waals surface area contributed by atoms with Gasteiger partial charge in [0.2, 0.25) is 0 Å². The third-order valence-corrected chi connectivity index (χ3v) is 6.53. The van der Waals surface area contributed by atoms with Gasteiger partial charge in [-0.05, 0) is 29.8 Å². The van der Waals surface area contributed by atoms with E-state index in [0.717, 1.165) is 11.3 Å². The van der Waals surface area contributed by atoms with Gasteiger partial charge in [-0.15, -0.1) is 0 Å². The predicted molar refractivity (Wildman–Crippen MR) is 83.7 cm³/mol. The van der Waals surface area contributed by atoms with Crippen LogP contribution in [0.2, 0.25) is 0 Å². The molecule has 0 spiro atoms. The van der Waals surface area contributed by atoms with Crippen LogP contribution in [0, 0.1) is 5.92 Å². The summed E-state index contributed by atoms with van der Waals surface area (Å²) in [5.41, 5.74) is 0.921. The molecule has 3 rings (SSSR count). The fourth-order valence-electron chi connectivity index (χ4n) is 3.01. The summed E-state index contributed by atoms with van der Waals surface area (Å²) >= 11 is 0. The molecule has 0 aromatic heterocycles. The van der Waals surface area contributed by atoms with Crippen molar-refractivity contribution in [1.29, 1.82) is 0 Å². The average Bonchev–Trinajstić information content (AvgIpc) is 3.31. The van der Waals surface area contributed by atoms with Crippen LogP contribution in [0.1, 0.15) is 11.5 Å². The summed E-state index contributed by atoms with van der Waals surface area (Å²) in [4.78, 5) is 0.314. The van der Waals surface area contributed by atoms with Crippen molar-refractivity contribution >= 4 is 9.84 Å². The lowest BCUT2D eigenvalue weighted by Crippen LogP contribution is -2.11. The van der Waals surface area contributed by atoms with Crippen LogP contribution < -0.4 is 4.74 Å². The number of ether oxygens (including phenoxy) is 1. The van der Waals surface area contributed by atoms with E-state index in [2.05, 4.69) is 0 Å². The van der Waals surface area contributed by atoms with Gasteiger partial charge >= 0.3 is 0 Å². The quantitative estimate of drug-likeness (QED) is 0.918. The summed E-state index contributed by atoms with van der Waals surface area (Å²) in [5, 5.41) is 8.97. The number of hydrogen-bond donors (Lipinski definition) is 1. The highest BCUT2D eigenvalue weighted by Gasteiger charge is 2.58. The molecule has 0 saturated heterocycles. The molecule has 0 bridgehead atoms. The number of methoxy groups -OCH3 is 1. The zero-order valence-electron chi connectivity index (χ0n) is 12.2. The van der Waals surface area contributed by atoms with Gasteiger partial charge in [0.15, 0.2) is 9.84 Å². The van der Waals surface area contributed by atoms with Crippen molar-refractivity contribution in [2.45, 2.75) is 16.1 Å². The molecule has 1 fully saturated rings. The fraction of sp³-hybridized carbons (Fsp3) is 0.294. The van der Waals surface area contributed by atoms with Crippen molar-refractivity contribution in [1.82, 2.24) is 0 Å². The molecule has 1 aliphatic carbocycles. The lowest BCUT2D eigenvalue weighted by Gasteiger charge is -2.05. The monoisotopic (exact) mass is 318 g/mol. The standard InChI is InChI=1S/C17H18O4S/c1-21-13-9-7-12(8-10-13)16-15(11-18)17(16)22(19,20)14-5-3-2-4-6-14/h2-10,15-18H,11H2,1H3/t15-,16+,17-/m0/s1. The highest BCUT2D eigenvalue weighted by atomic mass is 32.2. The molecule has 2 aromatic rings. The summed E-state index contributed by atoms with van der Waals surface area (Å²) in [6, 6.07) is 15.8. The van der Waals surface area contributed by atoms with E-state index in [4.69, 9.17) is 4.74 Å². The average molecular weight is 318 g/mol. The van der Waals surface area contributed by atoms with Crippen LogP contribution in [0.25, 0.3) is 0 Å². The fourth-order valence-corrected chi connectivity index (χ4v) is 5.23. The van der Waals surface area contributed by atoms with Crippen molar-refractivity contribution in [3.63, 3.8) is 0 Å². The Morgan fingerprint density at radius 2 is 1.68 bits per heavy atom. The second kappa shape index (κ2) is 5.74. The number of hydrogen-bond acceptors (Lipinski definition) is 4. The van der Waals surface area contributed by atoms with Gasteiger partial charge in [0.1, 0.15) is 5.75 Å². The SMILES string of the molecule is COc1ccc([C@@H]2[C@H](CO)[C@@H]2S(=O)(=O)c2ccccc2)cc1. The van der Waals surface area contributed by atoms with Crippen LogP contribution in [0.15, 0.2) is 59.5 Å². The van der Waals surface area contributed by atoms with Crippen molar-refractivity contribution in [3.8, 4) is 5.75 Å². The Morgan fingerprint density at radius 3 is 2.23 bits per heavy atom. The molecule has 1 N–H and O–H groups in total. The first-order valence-corrected chi connectivity index (χ1v) is 8.68. The summed E-state index contributed by atoms with van der Waals surface area (Å²) in [6.07, 6.45) is 0. The second-order valence-corrected chi connectivity index (χ2v) is 7.57. The Balaban J connectivity index is 1.91. The van der Waals surface area contributed by atoms with Crippen LogP contribution in [0.4, 0.5) is 0 Å². The lowest BCUT2D eigenvalue weighted by atomic mass is 10.1. The predicted octanol–water partition coefficient (Wildman–Crippen LogP) is 2.24. The van der Waals surface area contributed by atoms with Gasteiger partial charge in [-0.1, -0.05) is 30.3 Å². The number of benzene rings is 2. The van der Waals surface area contributed by atoms with E-state index in [1.54, 1.807) is 37.4 Å². The summed E-state index contributed by atoms with van der Waals surface area (Å²) in [5.74, 6) is 0.312. The van der Waals surface area contributed by atoms with Gasteiger partial charge in [-0.25, -0.2) is 8.42 Å². The molecule has 0 radical (unpaired) electrons. The minimum atomic E-state index is -3.43. The lowest BCUT2D eigenvalue weighted by molar-refractivity contribution is 0.274. The maximum absolute atomic E-state index is 12.7. The van der Waals surface area contributed by atoms with Crippen molar-refractivity contribution < 1.29 is 18.3 Å². The first-order chi connectivity index (χ1) is 10.6. The molecule has 4 nitrogen and oxygen atoms in total. The van der Waals surface area contributed by atoms with Gasteiger partial charge in [0.05, 0.1) is 17.3 Å². The molecule has 5 heteroatoms. The molecule has 22 heavy (non-hydrogen) atoms. The molecule has 0 heterocycles. The second-order valence-electron chi connectivity index (χ2n) is 5.47. The first kappa shape index (κ1) is 15.1. The Hall–Kier alpha value is -1.85. The summed E-state index contributed by atoms with van der Waals surface area (Å²) in [7, 11) is -1.84. The van der Waals surface area contributed by atoms with Crippen LogP contribution in [-0.4, -0.2) is 32.5 Å². The molecule has 1 saturated carbocycles. The molecule has 0 unspecified atom stereocenters. The summed E-state index contributed by atoms with van der Waals surface area (Å²) in [6.45, 7) is -0.132. The smallest absolute Gasteiger partial charge is 0.182 e. The van der Waals surface area contributed by atoms with E-state index in [1.807, 2.05) is 24.3 Å². The molecular formula is C17H18O4S. The Labute approximate surface area is 130 Å². The van der Waals surface area contributed by atoms with Crippen molar-refractivity contribution in [3.05, 3.63) is 60.2 Å². The molecule has 1 aliphatic rings. The number of sulfone groups is 1. The van der Waals surface area contributed by atoms with Gasteiger partial charge in [0, 0.05) is 18.4 Å². The van der Waals surface area contributed by atoms with E-state index < -0.39 is 15.1 Å². The number of aliphatic hydroxyl groups is 1. The van der Waals surface area contributed by atoms with Crippen LogP contribution in [-0.2, 0) is 9.84 Å². The first-order valence-electron chi connectivity index (χ1n) is 7.13. The van der Waals surface area contributed by atoms with Crippen molar-refractivity contribution in [2.24, 2.45) is 5.92 Å². The molecule has 0 amide bonds. The summed E-state index contributed by atoms with van der Waals surface area (Å²) < 4.78 is 30.6. The van der Waals surface area contributed by atoms with E-state index in [0.29, 0.717) is 4.90 Å². The molecule has 0 aliphatic heterocycles. The highest BCUT2D eigenvalue weighted by Crippen LogP contribution is 2.53. The van der Waals surface area contributed by atoms with Crippen molar-refractivity contribution in [2.75, 3.05) is 13.7 Å². The molecular weight excluding hydrogens is 300 g/mol. The van der Waals surface area contributed by atoms with E-state index in [9.17, 15) is 13.5 Å². The largest absolute Gasteiger partial charge is 0.497 e. The van der Waals surface area contributed by atoms with Gasteiger partial charge in [-0.3, -0.25) is 0 Å². The van der Waals surface area contributed by atoms with Crippen LogP contribution in [0.3, 0.4) is 0 Å². The zero-order valence-corrected chi connectivity index (χ0v) is 13.0. The van der Waals surface area contributed by atoms with E-state index in [-0.39, 0.29) is 18.4 Å². The van der Waals surface area contributed by atoms with Gasteiger partial charge in [0.25, 0.3) is 0 Å². The molecule has 2 aromatic carbocycles. The van der Waals surface area contributed by atoms with Gasteiger partial charge in [-0.2, -0.15) is 0 Å². The maximum atomic E-state index is 12.7. The normalized spacial score (nSPS) is 24.0. The third-order valence-electron chi connectivity index (χ3n) is 4.24. The van der Waals surface area contributed by atoms with Gasteiger partial charge < -0.3 is 9.84 Å².